The highest BCUT2D eigenvalue weighted by Gasteiger charge is 2.25. The summed E-state index contributed by atoms with van der Waals surface area (Å²) in [5, 5.41) is 20.1. The Hall–Kier alpha value is -4.02. The summed E-state index contributed by atoms with van der Waals surface area (Å²) in [5.41, 5.74) is 10.6. The van der Waals surface area contributed by atoms with Crippen LogP contribution in [0.3, 0.4) is 0 Å². The van der Waals surface area contributed by atoms with E-state index in [1.807, 2.05) is 52.3 Å². The van der Waals surface area contributed by atoms with Crippen molar-refractivity contribution in [1.82, 2.24) is 24.3 Å². The lowest BCUT2D eigenvalue weighted by atomic mass is 10.1. The Kier molecular flexibility index (Phi) is 9.34. The average molecular weight is 573 g/mol. The zero-order valence-corrected chi connectivity index (χ0v) is 24.2. The molecule has 1 saturated heterocycles. The van der Waals surface area contributed by atoms with Gasteiger partial charge in [0.05, 0.1) is 30.1 Å². The van der Waals surface area contributed by atoms with Crippen LogP contribution < -0.4 is 5.73 Å². The molecule has 1 fully saturated rings. The number of carbonyl (C=O) groups excluding carboxylic acids is 1. The number of hydrogen-bond donors (Lipinski definition) is 3. The molecule has 0 bridgehead atoms. The van der Waals surface area contributed by atoms with E-state index in [2.05, 4.69) is 22.5 Å². The van der Waals surface area contributed by atoms with Crippen molar-refractivity contribution < 1.29 is 19.8 Å². The van der Waals surface area contributed by atoms with Crippen LogP contribution in [0, 0.1) is 0 Å². The second-order valence-electron chi connectivity index (χ2n) is 11.2. The number of aliphatic carboxylic acids is 1. The molecule has 1 unspecified atom stereocenters. The minimum atomic E-state index is -0.872. The molecule has 222 valence electrons. The fraction of sp³-hybridized carbons (Fsp3) is 0.438. The van der Waals surface area contributed by atoms with E-state index in [4.69, 9.17) is 15.8 Å². The molecule has 5 rings (SSSR count). The third-order valence-corrected chi connectivity index (χ3v) is 7.96. The largest absolute Gasteiger partial charge is 0.481 e. The zero-order valence-electron chi connectivity index (χ0n) is 24.2. The van der Waals surface area contributed by atoms with Gasteiger partial charge in [-0.2, -0.15) is 0 Å². The van der Waals surface area contributed by atoms with Gasteiger partial charge < -0.3 is 25.4 Å². The molecule has 10 heteroatoms. The summed E-state index contributed by atoms with van der Waals surface area (Å²) in [5.74, 6) is 0.549. The number of hydrogen-bond acceptors (Lipinski definition) is 7. The van der Waals surface area contributed by atoms with Gasteiger partial charge in [0.1, 0.15) is 11.3 Å². The van der Waals surface area contributed by atoms with Gasteiger partial charge in [-0.25, -0.2) is 9.97 Å². The van der Waals surface area contributed by atoms with Crippen molar-refractivity contribution in [3.05, 3.63) is 65.5 Å². The van der Waals surface area contributed by atoms with Crippen molar-refractivity contribution in [2.75, 3.05) is 31.9 Å². The van der Waals surface area contributed by atoms with Gasteiger partial charge in [0.2, 0.25) is 5.91 Å². The molecule has 1 aliphatic heterocycles. The van der Waals surface area contributed by atoms with Crippen LogP contribution in [-0.4, -0.2) is 78.7 Å². The van der Waals surface area contributed by atoms with Gasteiger partial charge in [0, 0.05) is 44.5 Å². The molecular weight excluding hydrogens is 532 g/mol. The summed E-state index contributed by atoms with van der Waals surface area (Å²) in [6.07, 6.45) is 3.87. The van der Waals surface area contributed by atoms with Crippen LogP contribution in [-0.2, 0) is 35.5 Å². The van der Waals surface area contributed by atoms with E-state index in [-0.39, 0.29) is 25.0 Å². The van der Waals surface area contributed by atoms with Crippen LogP contribution in [0.5, 0.6) is 0 Å². The zero-order chi connectivity index (χ0) is 29.6. The quantitative estimate of drug-likeness (QED) is 0.221. The van der Waals surface area contributed by atoms with Gasteiger partial charge in [0.15, 0.2) is 5.82 Å². The molecule has 4 aromatic rings. The number of amides is 1. The molecule has 3 heterocycles. The SMILES string of the molecule is CCCCc1nc2c(N)nc3ccccc3c2n1CCCN(Cc1ccc(CC(=O)O)cc1)C(=O)CN1CCC(O)C1. The Morgan fingerprint density at radius 3 is 2.55 bits per heavy atom. The Balaban J connectivity index is 1.38. The minimum Gasteiger partial charge on any atom is -0.481 e. The Labute approximate surface area is 245 Å². The first-order valence-corrected chi connectivity index (χ1v) is 14.8. The molecule has 42 heavy (non-hydrogen) atoms. The van der Waals surface area contributed by atoms with Crippen LogP contribution in [0.1, 0.15) is 49.6 Å². The molecule has 10 nitrogen and oxygen atoms in total. The number of aryl methyl sites for hydroxylation is 2. The monoisotopic (exact) mass is 572 g/mol. The number of likely N-dealkylation sites (tertiary alicyclic amines) is 1. The van der Waals surface area contributed by atoms with E-state index in [1.165, 1.54) is 0 Å². The lowest BCUT2D eigenvalue weighted by Crippen LogP contribution is -2.40. The first-order valence-electron chi connectivity index (χ1n) is 14.8. The third-order valence-electron chi connectivity index (χ3n) is 7.96. The number of anilines is 1. The molecule has 1 atom stereocenters. The number of aromatic nitrogens is 3. The Morgan fingerprint density at radius 1 is 1.07 bits per heavy atom. The molecule has 0 radical (unpaired) electrons. The maximum absolute atomic E-state index is 13.5. The number of β-amino-alcohol motifs (C(OH)–C–C–N with tert-alkyl or cyclic N) is 1. The van der Waals surface area contributed by atoms with Gasteiger partial charge in [-0.1, -0.05) is 55.8 Å². The number of para-hydroxylation sites is 1. The van der Waals surface area contributed by atoms with Crippen molar-refractivity contribution in [1.29, 1.82) is 0 Å². The van der Waals surface area contributed by atoms with Crippen molar-refractivity contribution in [3.63, 3.8) is 0 Å². The number of nitrogens with zero attached hydrogens (tertiary/aromatic N) is 5. The number of imidazole rings is 1. The summed E-state index contributed by atoms with van der Waals surface area (Å²) in [6, 6.07) is 15.4. The minimum absolute atomic E-state index is 0.0132. The number of benzene rings is 2. The number of carboxylic acid groups (broad SMARTS) is 1. The normalized spacial score (nSPS) is 15.5. The number of unbranched alkanes of at least 4 members (excludes halogenated alkanes) is 1. The van der Waals surface area contributed by atoms with Gasteiger partial charge in [0.25, 0.3) is 0 Å². The summed E-state index contributed by atoms with van der Waals surface area (Å²) in [6.45, 7) is 5.27. The van der Waals surface area contributed by atoms with Crippen molar-refractivity contribution in [3.8, 4) is 0 Å². The van der Waals surface area contributed by atoms with Gasteiger partial charge >= 0.3 is 5.97 Å². The summed E-state index contributed by atoms with van der Waals surface area (Å²) in [4.78, 5) is 38.0. The van der Waals surface area contributed by atoms with E-state index in [1.54, 1.807) is 0 Å². The maximum atomic E-state index is 13.5. The van der Waals surface area contributed by atoms with E-state index >= 15 is 0 Å². The number of aliphatic hydroxyl groups is 1. The van der Waals surface area contributed by atoms with E-state index in [0.29, 0.717) is 51.4 Å². The van der Waals surface area contributed by atoms with Crippen LogP contribution in [0.2, 0.25) is 0 Å². The first-order chi connectivity index (χ1) is 20.3. The van der Waals surface area contributed by atoms with E-state index in [0.717, 1.165) is 58.2 Å². The highest BCUT2D eigenvalue weighted by atomic mass is 16.4. The first kappa shape index (κ1) is 29.5. The van der Waals surface area contributed by atoms with Crippen molar-refractivity contribution in [2.24, 2.45) is 0 Å². The van der Waals surface area contributed by atoms with E-state index < -0.39 is 5.97 Å². The average Bonchev–Trinajstić information content (AvgIpc) is 3.55. The molecule has 0 saturated carbocycles. The lowest BCUT2D eigenvalue weighted by molar-refractivity contribution is -0.136. The predicted molar refractivity (Wildman–Crippen MR) is 163 cm³/mol. The fourth-order valence-corrected chi connectivity index (χ4v) is 5.79. The number of pyridine rings is 1. The molecular formula is C32H40N6O4. The van der Waals surface area contributed by atoms with Gasteiger partial charge in [-0.3, -0.25) is 14.5 Å². The maximum Gasteiger partial charge on any atom is 0.307 e. The standard InChI is InChI=1S/C32H40N6O4/c1-2-3-9-27-35-30-31(25-7-4-5-8-26(25)34-32(30)33)38(27)16-6-15-37(28(40)21-36-17-14-24(39)20-36)19-23-12-10-22(11-13-23)18-29(41)42/h4-5,7-8,10-13,24,39H,2-3,6,9,14-21H2,1H3,(H2,33,34)(H,41,42). The second-order valence-corrected chi connectivity index (χ2v) is 11.2. The number of carbonyl (C=O) groups is 2. The van der Waals surface area contributed by atoms with Crippen LogP contribution >= 0.6 is 0 Å². The topological polar surface area (TPSA) is 138 Å². The van der Waals surface area contributed by atoms with Crippen molar-refractivity contribution in [2.45, 2.75) is 64.6 Å². The molecule has 2 aromatic heterocycles. The number of nitrogen functional groups attached to an aromatic ring is 1. The molecule has 4 N–H and O–H groups in total. The summed E-state index contributed by atoms with van der Waals surface area (Å²) >= 11 is 0. The van der Waals surface area contributed by atoms with Crippen LogP contribution in [0.4, 0.5) is 5.82 Å². The number of fused-ring (bicyclic) bond motifs is 3. The van der Waals surface area contributed by atoms with Gasteiger partial charge in [-0.05, 0) is 36.5 Å². The Bertz CT molecular complexity index is 1550. The summed E-state index contributed by atoms with van der Waals surface area (Å²) < 4.78 is 2.26. The van der Waals surface area contributed by atoms with Crippen LogP contribution in [0.25, 0.3) is 21.9 Å². The second kappa shape index (κ2) is 13.3. The predicted octanol–water partition coefficient (Wildman–Crippen LogP) is 3.62. The molecule has 1 aliphatic rings. The third kappa shape index (κ3) is 6.88. The fourth-order valence-electron chi connectivity index (χ4n) is 5.79. The highest BCUT2D eigenvalue weighted by molar-refractivity contribution is 6.06. The van der Waals surface area contributed by atoms with Crippen LogP contribution in [0.15, 0.2) is 48.5 Å². The van der Waals surface area contributed by atoms with Crippen molar-refractivity contribution >= 4 is 39.6 Å². The lowest BCUT2D eigenvalue weighted by Gasteiger charge is -2.26. The van der Waals surface area contributed by atoms with Gasteiger partial charge in [-0.15, -0.1) is 0 Å². The number of carboxylic acids is 1. The molecule has 1 amide bonds. The molecule has 0 spiro atoms. The molecule has 2 aromatic carbocycles. The highest BCUT2D eigenvalue weighted by Crippen LogP contribution is 2.29. The number of aliphatic hydroxyl groups excluding tert-OH is 1. The number of nitrogens with two attached hydrogens (primary N) is 1. The smallest absolute Gasteiger partial charge is 0.307 e. The Morgan fingerprint density at radius 2 is 1.83 bits per heavy atom. The molecule has 0 aliphatic carbocycles. The summed E-state index contributed by atoms with van der Waals surface area (Å²) in [7, 11) is 0. The number of rotatable bonds is 13. The van der Waals surface area contributed by atoms with E-state index in [9.17, 15) is 14.7 Å².